The lowest BCUT2D eigenvalue weighted by molar-refractivity contribution is 0.283. The third kappa shape index (κ3) is 10.6. The van der Waals surface area contributed by atoms with Gasteiger partial charge < -0.3 is 10.0 Å². The van der Waals surface area contributed by atoms with E-state index in [1.54, 1.807) is 0 Å². The molecule has 0 aliphatic heterocycles. The molecule has 0 unspecified atom stereocenters. The minimum absolute atomic E-state index is 0.356. The number of aliphatic hydroxyl groups is 1. The highest BCUT2D eigenvalue weighted by molar-refractivity contribution is 7.99. The third-order valence-corrected chi connectivity index (χ3v) is 3.69. The Kier molecular flexibility index (Phi) is 12.6. The van der Waals surface area contributed by atoms with Crippen molar-refractivity contribution in [1.29, 1.82) is 0 Å². The molecule has 0 spiro atoms. The zero-order chi connectivity index (χ0) is 11.4. The Hall–Kier alpha value is 0.270. The van der Waals surface area contributed by atoms with Crippen LogP contribution in [0, 0.1) is 0 Å². The van der Waals surface area contributed by atoms with Gasteiger partial charge in [-0.2, -0.15) is 11.8 Å². The molecule has 0 atom stereocenters. The second-order valence-corrected chi connectivity index (χ2v) is 5.00. The number of nitrogens with zero attached hydrogens (tertiary/aromatic N) is 1. The van der Waals surface area contributed by atoms with E-state index in [1.165, 1.54) is 50.4 Å². The van der Waals surface area contributed by atoms with Gasteiger partial charge in [-0.25, -0.2) is 0 Å². The van der Waals surface area contributed by atoms with Crippen LogP contribution in [-0.2, 0) is 0 Å². The van der Waals surface area contributed by atoms with Gasteiger partial charge in [0.05, 0.1) is 0 Å². The summed E-state index contributed by atoms with van der Waals surface area (Å²) in [7, 11) is 0. The first-order valence-electron chi connectivity index (χ1n) is 6.26. The minimum atomic E-state index is 0.356. The Labute approximate surface area is 99.4 Å². The quantitative estimate of drug-likeness (QED) is 0.555. The molecule has 0 aliphatic carbocycles. The molecule has 0 bridgehead atoms. The lowest BCUT2D eigenvalue weighted by Gasteiger charge is -2.17. The highest BCUT2D eigenvalue weighted by Gasteiger charge is 1.97. The summed E-state index contributed by atoms with van der Waals surface area (Å²) >= 11 is 2.07. The standard InChI is InChI=1S/C12H27NOS/c1-3-13(4-2)9-12-15-11-8-6-5-7-10-14/h14H,3-12H2,1-2H3. The maximum absolute atomic E-state index is 8.61. The summed E-state index contributed by atoms with van der Waals surface area (Å²) in [6, 6.07) is 0. The van der Waals surface area contributed by atoms with E-state index in [2.05, 4.69) is 30.5 Å². The number of hydrogen-bond donors (Lipinski definition) is 1. The van der Waals surface area contributed by atoms with Crippen molar-refractivity contribution in [3.8, 4) is 0 Å². The van der Waals surface area contributed by atoms with Crippen LogP contribution in [-0.4, -0.2) is 47.8 Å². The van der Waals surface area contributed by atoms with Gasteiger partial charge in [0.2, 0.25) is 0 Å². The van der Waals surface area contributed by atoms with Gasteiger partial charge in [-0.1, -0.05) is 26.7 Å². The summed E-state index contributed by atoms with van der Waals surface area (Å²) in [5.74, 6) is 2.55. The largest absolute Gasteiger partial charge is 0.396 e. The van der Waals surface area contributed by atoms with Crippen LogP contribution in [0.1, 0.15) is 39.5 Å². The molecule has 0 amide bonds. The molecule has 0 rings (SSSR count). The van der Waals surface area contributed by atoms with E-state index in [0.717, 1.165) is 6.42 Å². The zero-order valence-electron chi connectivity index (χ0n) is 10.4. The van der Waals surface area contributed by atoms with Crippen LogP contribution in [0.2, 0.25) is 0 Å². The summed E-state index contributed by atoms with van der Waals surface area (Å²) < 4.78 is 0. The second kappa shape index (κ2) is 12.3. The molecular weight excluding hydrogens is 206 g/mol. The number of hydrogen-bond acceptors (Lipinski definition) is 3. The topological polar surface area (TPSA) is 23.5 Å². The maximum atomic E-state index is 8.61. The number of unbranched alkanes of at least 4 members (excludes halogenated alkanes) is 3. The monoisotopic (exact) mass is 233 g/mol. The van der Waals surface area contributed by atoms with Crippen molar-refractivity contribution in [2.24, 2.45) is 0 Å². The van der Waals surface area contributed by atoms with Gasteiger partial charge in [0.15, 0.2) is 0 Å². The average molecular weight is 233 g/mol. The van der Waals surface area contributed by atoms with E-state index in [4.69, 9.17) is 5.11 Å². The van der Waals surface area contributed by atoms with E-state index >= 15 is 0 Å². The SMILES string of the molecule is CCN(CC)CCSCCCCCCO. The van der Waals surface area contributed by atoms with Crippen molar-refractivity contribution in [2.75, 3.05) is 37.7 Å². The first-order chi connectivity index (χ1) is 7.35. The van der Waals surface area contributed by atoms with Gasteiger partial charge in [-0.3, -0.25) is 0 Å². The van der Waals surface area contributed by atoms with Gasteiger partial charge in [-0.05, 0) is 31.7 Å². The predicted molar refractivity (Wildman–Crippen MR) is 70.7 cm³/mol. The Morgan fingerprint density at radius 2 is 1.60 bits per heavy atom. The number of rotatable bonds is 11. The van der Waals surface area contributed by atoms with Crippen LogP contribution in [0.5, 0.6) is 0 Å². The lowest BCUT2D eigenvalue weighted by Crippen LogP contribution is -2.25. The molecule has 0 aliphatic rings. The number of aliphatic hydroxyl groups excluding tert-OH is 1. The molecule has 0 aromatic rings. The van der Waals surface area contributed by atoms with Crippen molar-refractivity contribution < 1.29 is 5.11 Å². The van der Waals surface area contributed by atoms with E-state index in [0.29, 0.717) is 6.61 Å². The zero-order valence-corrected chi connectivity index (χ0v) is 11.2. The van der Waals surface area contributed by atoms with Crippen molar-refractivity contribution in [1.82, 2.24) is 4.90 Å². The second-order valence-electron chi connectivity index (χ2n) is 3.78. The smallest absolute Gasteiger partial charge is 0.0431 e. The van der Waals surface area contributed by atoms with Crippen LogP contribution in [0.3, 0.4) is 0 Å². The summed E-state index contributed by atoms with van der Waals surface area (Å²) in [6.45, 7) is 8.39. The fraction of sp³-hybridized carbons (Fsp3) is 1.00. The van der Waals surface area contributed by atoms with E-state index < -0.39 is 0 Å². The fourth-order valence-corrected chi connectivity index (χ4v) is 2.50. The summed E-state index contributed by atoms with van der Waals surface area (Å²) in [5.41, 5.74) is 0. The molecule has 0 fully saturated rings. The minimum Gasteiger partial charge on any atom is -0.396 e. The van der Waals surface area contributed by atoms with E-state index in [1.807, 2.05) is 0 Å². The molecule has 1 N–H and O–H groups in total. The number of thioether (sulfide) groups is 1. The van der Waals surface area contributed by atoms with Crippen molar-refractivity contribution in [2.45, 2.75) is 39.5 Å². The van der Waals surface area contributed by atoms with Crippen LogP contribution in [0.15, 0.2) is 0 Å². The molecule has 0 saturated carbocycles. The van der Waals surface area contributed by atoms with Crippen molar-refractivity contribution in [3.05, 3.63) is 0 Å². The maximum Gasteiger partial charge on any atom is 0.0431 e. The molecule has 2 nitrogen and oxygen atoms in total. The summed E-state index contributed by atoms with van der Waals surface area (Å²) in [6.07, 6.45) is 4.75. The first-order valence-corrected chi connectivity index (χ1v) is 7.41. The molecule has 0 heterocycles. The Bertz CT molecular complexity index is 118. The third-order valence-electron chi connectivity index (χ3n) is 2.64. The molecule has 0 aromatic carbocycles. The average Bonchev–Trinajstić information content (AvgIpc) is 2.27. The predicted octanol–water partition coefficient (Wildman–Crippen LogP) is 2.61. The lowest BCUT2D eigenvalue weighted by atomic mass is 10.2. The van der Waals surface area contributed by atoms with Crippen LogP contribution in [0.25, 0.3) is 0 Å². The molecular formula is C12H27NOS. The van der Waals surface area contributed by atoms with Crippen molar-refractivity contribution >= 4 is 11.8 Å². The Morgan fingerprint density at radius 1 is 0.933 bits per heavy atom. The first kappa shape index (κ1) is 15.3. The van der Waals surface area contributed by atoms with Crippen molar-refractivity contribution in [3.63, 3.8) is 0 Å². The van der Waals surface area contributed by atoms with Crippen LogP contribution in [0.4, 0.5) is 0 Å². The van der Waals surface area contributed by atoms with E-state index in [9.17, 15) is 0 Å². The van der Waals surface area contributed by atoms with Crippen LogP contribution >= 0.6 is 11.8 Å². The van der Waals surface area contributed by atoms with E-state index in [-0.39, 0.29) is 0 Å². The molecule has 15 heavy (non-hydrogen) atoms. The summed E-state index contributed by atoms with van der Waals surface area (Å²) in [4.78, 5) is 2.47. The Balaban J connectivity index is 3.04. The van der Waals surface area contributed by atoms with Gasteiger partial charge in [0.25, 0.3) is 0 Å². The highest BCUT2D eigenvalue weighted by Crippen LogP contribution is 2.07. The molecule has 92 valence electrons. The summed E-state index contributed by atoms with van der Waals surface area (Å²) in [5, 5.41) is 8.61. The molecule has 3 heteroatoms. The fourth-order valence-electron chi connectivity index (χ4n) is 1.51. The Morgan fingerprint density at radius 3 is 2.20 bits per heavy atom. The van der Waals surface area contributed by atoms with Gasteiger partial charge in [0.1, 0.15) is 0 Å². The van der Waals surface area contributed by atoms with Crippen LogP contribution < -0.4 is 0 Å². The van der Waals surface area contributed by atoms with Gasteiger partial charge >= 0.3 is 0 Å². The molecule has 0 aromatic heterocycles. The molecule has 0 saturated heterocycles. The van der Waals surface area contributed by atoms with Gasteiger partial charge in [0, 0.05) is 18.9 Å². The normalized spacial score (nSPS) is 11.2. The molecule has 0 radical (unpaired) electrons. The van der Waals surface area contributed by atoms with Gasteiger partial charge in [-0.15, -0.1) is 0 Å². The highest BCUT2D eigenvalue weighted by atomic mass is 32.2.